The molecule has 4 aromatic rings. The molecule has 1 aromatic carbocycles. The third-order valence-corrected chi connectivity index (χ3v) is 6.96. The molecular formula is C29H31ClN4O4. The van der Waals surface area contributed by atoms with Crippen LogP contribution in [0.5, 0.6) is 0 Å². The van der Waals surface area contributed by atoms with Gasteiger partial charge in [0.1, 0.15) is 5.76 Å². The van der Waals surface area contributed by atoms with E-state index in [-0.39, 0.29) is 11.8 Å². The molecular weight excluding hydrogens is 504 g/mol. The Hall–Kier alpha value is -3.91. The van der Waals surface area contributed by atoms with Crippen molar-refractivity contribution in [3.05, 3.63) is 101 Å². The maximum absolute atomic E-state index is 13.1. The summed E-state index contributed by atoms with van der Waals surface area (Å²) in [6.45, 7) is 6.26. The van der Waals surface area contributed by atoms with E-state index in [0.29, 0.717) is 55.0 Å². The highest BCUT2D eigenvalue weighted by Gasteiger charge is 2.25. The van der Waals surface area contributed by atoms with Crippen molar-refractivity contribution in [2.45, 2.75) is 26.4 Å². The minimum Gasteiger partial charge on any atom is -0.459 e. The van der Waals surface area contributed by atoms with Crippen LogP contribution < -0.4 is 4.90 Å². The van der Waals surface area contributed by atoms with Gasteiger partial charge >= 0.3 is 0 Å². The van der Waals surface area contributed by atoms with Gasteiger partial charge in [0.2, 0.25) is 0 Å². The summed E-state index contributed by atoms with van der Waals surface area (Å²) in [4.78, 5) is 31.8. The summed E-state index contributed by atoms with van der Waals surface area (Å²) in [7, 11) is 0. The van der Waals surface area contributed by atoms with Crippen molar-refractivity contribution in [3.8, 4) is 0 Å². The van der Waals surface area contributed by atoms with Gasteiger partial charge in [-0.1, -0.05) is 24.6 Å². The maximum Gasteiger partial charge on any atom is 0.289 e. The van der Waals surface area contributed by atoms with Crippen molar-refractivity contribution in [1.29, 1.82) is 0 Å². The molecule has 1 aliphatic rings. The number of rotatable bonds is 9. The standard InChI is InChI=1S/C29H31ClN4O4/c1-2-12-34(28(35)26-9-5-18-37-26)20-24-8-4-13-33(24)21-25-10-11-27(38-25)29(36)32-16-14-31(15-17-32)23-7-3-6-22(30)19-23/h3-11,13,18-19H,2,12,14-17,20-21H2,1H3. The fourth-order valence-corrected chi connectivity index (χ4v) is 4.95. The number of hydrogen-bond acceptors (Lipinski definition) is 5. The van der Waals surface area contributed by atoms with E-state index in [1.165, 1.54) is 6.26 Å². The van der Waals surface area contributed by atoms with Gasteiger partial charge in [0.15, 0.2) is 11.5 Å². The minimum atomic E-state index is -0.133. The van der Waals surface area contributed by atoms with Crippen LogP contribution in [0.25, 0.3) is 0 Å². The Balaban J connectivity index is 1.20. The van der Waals surface area contributed by atoms with Gasteiger partial charge in [0.05, 0.1) is 19.4 Å². The first-order valence-electron chi connectivity index (χ1n) is 12.9. The summed E-state index contributed by atoms with van der Waals surface area (Å²) >= 11 is 6.13. The summed E-state index contributed by atoms with van der Waals surface area (Å²) in [6, 6.07) is 18.7. The quantitative estimate of drug-likeness (QED) is 0.288. The van der Waals surface area contributed by atoms with Crippen molar-refractivity contribution in [3.63, 3.8) is 0 Å². The Morgan fingerprint density at radius 3 is 2.55 bits per heavy atom. The Morgan fingerprint density at radius 2 is 1.82 bits per heavy atom. The molecule has 0 aliphatic carbocycles. The average molecular weight is 535 g/mol. The zero-order chi connectivity index (χ0) is 26.5. The number of aromatic nitrogens is 1. The zero-order valence-corrected chi connectivity index (χ0v) is 22.1. The lowest BCUT2D eigenvalue weighted by Crippen LogP contribution is -2.48. The first-order valence-corrected chi connectivity index (χ1v) is 13.2. The van der Waals surface area contributed by atoms with Gasteiger partial charge < -0.3 is 28.1 Å². The van der Waals surface area contributed by atoms with Crippen molar-refractivity contribution in [1.82, 2.24) is 14.4 Å². The fraction of sp³-hybridized carbons (Fsp3) is 0.310. The smallest absolute Gasteiger partial charge is 0.289 e. The second kappa shape index (κ2) is 11.6. The van der Waals surface area contributed by atoms with E-state index in [1.54, 1.807) is 23.1 Å². The van der Waals surface area contributed by atoms with Gasteiger partial charge in [-0.15, -0.1) is 0 Å². The normalized spacial score (nSPS) is 13.6. The van der Waals surface area contributed by atoms with E-state index < -0.39 is 0 Å². The number of nitrogens with zero attached hydrogens (tertiary/aromatic N) is 4. The molecule has 0 N–H and O–H groups in total. The predicted molar refractivity (Wildman–Crippen MR) is 146 cm³/mol. The number of carbonyl (C=O) groups is 2. The van der Waals surface area contributed by atoms with E-state index in [1.807, 2.05) is 65.1 Å². The summed E-state index contributed by atoms with van der Waals surface area (Å²) in [5.41, 5.74) is 2.04. The maximum atomic E-state index is 13.1. The molecule has 0 unspecified atom stereocenters. The Morgan fingerprint density at radius 1 is 0.974 bits per heavy atom. The van der Waals surface area contributed by atoms with E-state index in [2.05, 4.69) is 4.90 Å². The highest BCUT2D eigenvalue weighted by Crippen LogP contribution is 2.22. The number of furan rings is 2. The molecule has 1 fully saturated rings. The molecule has 38 heavy (non-hydrogen) atoms. The molecule has 3 aromatic heterocycles. The van der Waals surface area contributed by atoms with E-state index >= 15 is 0 Å². The van der Waals surface area contributed by atoms with Crippen LogP contribution in [0.15, 0.2) is 82.0 Å². The van der Waals surface area contributed by atoms with Gasteiger partial charge in [-0.05, 0) is 61.0 Å². The van der Waals surface area contributed by atoms with Crippen molar-refractivity contribution < 1.29 is 18.4 Å². The number of hydrogen-bond donors (Lipinski definition) is 0. The lowest BCUT2D eigenvalue weighted by Gasteiger charge is -2.35. The molecule has 1 aliphatic heterocycles. The van der Waals surface area contributed by atoms with Crippen molar-refractivity contribution in [2.24, 2.45) is 0 Å². The van der Waals surface area contributed by atoms with Gasteiger partial charge in [0, 0.05) is 55.3 Å². The second-order valence-corrected chi connectivity index (χ2v) is 9.79. The lowest BCUT2D eigenvalue weighted by molar-refractivity contribution is 0.0701. The molecule has 8 nitrogen and oxygen atoms in total. The van der Waals surface area contributed by atoms with E-state index in [0.717, 1.165) is 30.9 Å². The monoisotopic (exact) mass is 534 g/mol. The van der Waals surface area contributed by atoms with Crippen LogP contribution >= 0.6 is 11.6 Å². The van der Waals surface area contributed by atoms with Gasteiger partial charge in [-0.25, -0.2) is 0 Å². The first kappa shape index (κ1) is 25.7. The Labute approximate surface area is 227 Å². The second-order valence-electron chi connectivity index (χ2n) is 9.36. The third kappa shape index (κ3) is 5.81. The predicted octanol–water partition coefficient (Wildman–Crippen LogP) is 5.39. The van der Waals surface area contributed by atoms with E-state index in [4.69, 9.17) is 20.4 Å². The van der Waals surface area contributed by atoms with Crippen LogP contribution in [-0.2, 0) is 13.1 Å². The number of halogens is 1. The molecule has 0 radical (unpaired) electrons. The SMILES string of the molecule is CCCN(Cc1cccn1Cc1ccc(C(=O)N2CCN(c3cccc(Cl)c3)CC2)o1)C(=O)c1ccco1. The van der Waals surface area contributed by atoms with Crippen LogP contribution in [0.1, 0.15) is 45.9 Å². The Kier molecular flexibility index (Phi) is 7.89. The molecule has 0 bridgehead atoms. The van der Waals surface area contributed by atoms with Crippen LogP contribution in [0.3, 0.4) is 0 Å². The Bertz CT molecular complexity index is 1370. The minimum absolute atomic E-state index is 0.104. The van der Waals surface area contributed by atoms with Crippen molar-refractivity contribution in [2.75, 3.05) is 37.6 Å². The topological polar surface area (TPSA) is 75.1 Å². The van der Waals surface area contributed by atoms with Gasteiger partial charge in [-0.2, -0.15) is 0 Å². The number of piperazine rings is 1. The molecule has 0 spiro atoms. The number of benzene rings is 1. The van der Waals surface area contributed by atoms with Crippen LogP contribution in [0.2, 0.25) is 5.02 Å². The molecule has 9 heteroatoms. The summed E-state index contributed by atoms with van der Waals surface area (Å²) < 4.78 is 13.3. The largest absolute Gasteiger partial charge is 0.459 e. The van der Waals surface area contributed by atoms with E-state index in [9.17, 15) is 9.59 Å². The summed E-state index contributed by atoms with van der Waals surface area (Å²) in [5, 5.41) is 0.706. The first-order chi connectivity index (χ1) is 18.5. The number of anilines is 1. The zero-order valence-electron chi connectivity index (χ0n) is 21.4. The van der Waals surface area contributed by atoms with Crippen LogP contribution in [0, 0.1) is 0 Å². The highest BCUT2D eigenvalue weighted by molar-refractivity contribution is 6.30. The van der Waals surface area contributed by atoms with Crippen LogP contribution in [0.4, 0.5) is 5.69 Å². The molecule has 1 saturated heterocycles. The van der Waals surface area contributed by atoms with Crippen molar-refractivity contribution >= 4 is 29.1 Å². The molecule has 5 rings (SSSR count). The third-order valence-electron chi connectivity index (χ3n) is 6.73. The molecule has 0 atom stereocenters. The number of amides is 2. The highest BCUT2D eigenvalue weighted by atomic mass is 35.5. The average Bonchev–Trinajstić information content (AvgIpc) is 3.71. The fourth-order valence-electron chi connectivity index (χ4n) is 4.76. The summed E-state index contributed by atoms with van der Waals surface area (Å²) in [6.07, 6.45) is 4.30. The molecule has 0 saturated carbocycles. The number of carbonyl (C=O) groups excluding carboxylic acids is 2. The van der Waals surface area contributed by atoms with Gasteiger partial charge in [-0.3, -0.25) is 9.59 Å². The van der Waals surface area contributed by atoms with Crippen LogP contribution in [-0.4, -0.2) is 58.9 Å². The molecule has 198 valence electrons. The molecule has 2 amide bonds. The lowest BCUT2D eigenvalue weighted by atomic mass is 10.2. The molecule has 4 heterocycles. The van der Waals surface area contributed by atoms with Gasteiger partial charge in [0.25, 0.3) is 11.8 Å². The summed E-state index contributed by atoms with van der Waals surface area (Å²) in [5.74, 6) is 1.12.